The second kappa shape index (κ2) is 11.3. The summed E-state index contributed by atoms with van der Waals surface area (Å²) < 4.78 is 5.97. The van der Waals surface area contributed by atoms with E-state index in [2.05, 4.69) is 57.0 Å². The van der Waals surface area contributed by atoms with Crippen LogP contribution in [0.5, 0.6) is 0 Å². The Bertz CT molecular complexity index is 2040. The first-order valence-corrected chi connectivity index (χ1v) is 15.7. The Morgan fingerprint density at radius 2 is 1.44 bits per heavy atom. The van der Waals surface area contributed by atoms with Gasteiger partial charge in [-0.2, -0.15) is 10.2 Å². The number of furan rings is 1. The molecule has 0 radical (unpaired) electrons. The first-order chi connectivity index (χ1) is 22.0. The summed E-state index contributed by atoms with van der Waals surface area (Å²) in [5.41, 5.74) is 5.67. The molecule has 1 aromatic carbocycles. The second-order valence-corrected chi connectivity index (χ2v) is 12.2. The van der Waals surface area contributed by atoms with Gasteiger partial charge in [0.15, 0.2) is 23.2 Å². The van der Waals surface area contributed by atoms with Crippen LogP contribution in [0.1, 0.15) is 80.4 Å². The Balaban J connectivity index is 1.02. The van der Waals surface area contributed by atoms with Crippen molar-refractivity contribution in [1.82, 2.24) is 40.3 Å². The number of H-pyrrole nitrogens is 3. The van der Waals surface area contributed by atoms with Crippen LogP contribution in [0.4, 0.5) is 23.3 Å². The van der Waals surface area contributed by atoms with E-state index in [1.54, 1.807) is 6.26 Å². The molecule has 0 atom stereocenters. The van der Waals surface area contributed by atoms with Crippen molar-refractivity contribution in [3.63, 3.8) is 0 Å². The van der Waals surface area contributed by atoms with Gasteiger partial charge in [-0.25, -0.2) is 15.0 Å². The first kappa shape index (κ1) is 27.3. The molecule has 2 aliphatic carbocycles. The van der Waals surface area contributed by atoms with Crippen LogP contribution in [0.3, 0.4) is 0 Å². The third-order valence-corrected chi connectivity index (χ3v) is 9.00. The molecule has 0 aliphatic heterocycles. The van der Waals surface area contributed by atoms with E-state index in [-0.39, 0.29) is 11.4 Å². The van der Waals surface area contributed by atoms with Gasteiger partial charge in [-0.15, -0.1) is 0 Å². The van der Waals surface area contributed by atoms with Crippen molar-refractivity contribution in [3.8, 4) is 22.6 Å². The lowest BCUT2D eigenvalue weighted by atomic mass is 10.0. The molecule has 2 aliphatic rings. The van der Waals surface area contributed by atoms with Crippen LogP contribution in [0.25, 0.3) is 33.6 Å². The number of nitrogens with zero attached hydrogens (tertiary/aromatic N) is 5. The Kier molecular flexibility index (Phi) is 6.88. The van der Waals surface area contributed by atoms with Crippen molar-refractivity contribution in [2.45, 2.75) is 70.1 Å². The number of hydrogen-bond acceptors (Lipinski definition) is 9. The van der Waals surface area contributed by atoms with Crippen LogP contribution < -0.4 is 16.2 Å². The van der Waals surface area contributed by atoms with E-state index < -0.39 is 0 Å². The average Bonchev–Trinajstić information content (AvgIpc) is 3.87. The van der Waals surface area contributed by atoms with E-state index in [0.29, 0.717) is 51.8 Å². The van der Waals surface area contributed by atoms with Gasteiger partial charge in [-0.1, -0.05) is 31.7 Å². The Morgan fingerprint density at radius 1 is 0.756 bits per heavy atom. The minimum atomic E-state index is -0.306. The van der Waals surface area contributed by atoms with Crippen molar-refractivity contribution >= 4 is 34.3 Å². The summed E-state index contributed by atoms with van der Waals surface area (Å²) >= 11 is 0. The van der Waals surface area contributed by atoms with Crippen LogP contribution in [0.15, 0.2) is 57.9 Å². The van der Waals surface area contributed by atoms with Gasteiger partial charge in [-0.05, 0) is 56.4 Å². The van der Waals surface area contributed by atoms with Crippen LogP contribution in [-0.2, 0) is 0 Å². The molecule has 2 saturated carbocycles. The Hall–Kier alpha value is -5.26. The molecule has 12 nitrogen and oxygen atoms in total. The summed E-state index contributed by atoms with van der Waals surface area (Å²) in [7, 11) is 0. The van der Waals surface area contributed by atoms with E-state index in [4.69, 9.17) is 4.42 Å². The zero-order chi connectivity index (χ0) is 30.3. The average molecular weight is 603 g/mol. The predicted molar refractivity (Wildman–Crippen MR) is 172 cm³/mol. The fourth-order valence-electron chi connectivity index (χ4n) is 6.67. The van der Waals surface area contributed by atoms with Gasteiger partial charge in [0.2, 0.25) is 0 Å². The lowest BCUT2D eigenvalue weighted by Crippen LogP contribution is -2.14. The van der Waals surface area contributed by atoms with Crippen LogP contribution in [0, 0.1) is 6.92 Å². The molecular formula is C33H34N10O2. The quantitative estimate of drug-likeness (QED) is 0.121. The molecule has 5 aromatic heterocycles. The lowest BCUT2D eigenvalue weighted by Gasteiger charge is -2.06. The van der Waals surface area contributed by atoms with E-state index in [0.717, 1.165) is 35.5 Å². The zero-order valence-corrected chi connectivity index (χ0v) is 25.0. The number of fused-ring (bicyclic) bond motifs is 1. The van der Waals surface area contributed by atoms with E-state index in [1.807, 2.05) is 43.3 Å². The maximum Gasteiger partial charge on any atom is 0.291 e. The molecule has 8 rings (SSSR count). The maximum atomic E-state index is 12.8. The summed E-state index contributed by atoms with van der Waals surface area (Å²) in [6.07, 6.45) is 11.4. The fourth-order valence-corrected chi connectivity index (χ4v) is 6.67. The zero-order valence-electron chi connectivity index (χ0n) is 25.0. The third-order valence-electron chi connectivity index (χ3n) is 9.00. The minimum Gasteiger partial charge on any atom is -0.462 e. The molecule has 0 spiro atoms. The molecule has 6 aromatic rings. The smallest absolute Gasteiger partial charge is 0.291 e. The predicted octanol–water partition coefficient (Wildman–Crippen LogP) is 7.20. The topological polar surface area (TPSA) is 166 Å². The highest BCUT2D eigenvalue weighted by Gasteiger charge is 2.21. The summed E-state index contributed by atoms with van der Waals surface area (Å²) in [6, 6.07) is 13.6. The lowest BCUT2D eigenvalue weighted by molar-refractivity contribution is 0.580. The molecule has 0 saturated heterocycles. The van der Waals surface area contributed by atoms with E-state index >= 15 is 0 Å². The Labute approximate surface area is 258 Å². The molecule has 0 unspecified atom stereocenters. The second-order valence-electron chi connectivity index (χ2n) is 12.2. The number of anilines is 4. The van der Waals surface area contributed by atoms with Gasteiger partial charge in [0.25, 0.3) is 5.56 Å². The molecule has 0 bridgehead atoms. The van der Waals surface area contributed by atoms with Crippen molar-refractivity contribution in [3.05, 3.63) is 76.3 Å². The van der Waals surface area contributed by atoms with Gasteiger partial charge in [0, 0.05) is 47.0 Å². The molecule has 5 N–H and O–H groups in total. The molecule has 0 amide bonds. The van der Waals surface area contributed by atoms with Gasteiger partial charge in [-0.3, -0.25) is 15.0 Å². The number of benzene rings is 1. The number of aromatic nitrogens is 8. The summed E-state index contributed by atoms with van der Waals surface area (Å²) in [6.45, 7) is 1.85. The molecule has 45 heavy (non-hydrogen) atoms. The largest absolute Gasteiger partial charge is 0.462 e. The van der Waals surface area contributed by atoms with Crippen molar-refractivity contribution in [2.75, 3.05) is 10.6 Å². The maximum absolute atomic E-state index is 12.8. The van der Waals surface area contributed by atoms with Crippen LogP contribution in [0.2, 0.25) is 0 Å². The number of aromatic amines is 3. The highest BCUT2D eigenvalue weighted by atomic mass is 16.3. The number of aryl methyl sites for hydroxylation is 1. The number of hydrogen-bond donors (Lipinski definition) is 5. The molecule has 2 fully saturated rings. The van der Waals surface area contributed by atoms with Gasteiger partial charge in [0.1, 0.15) is 17.3 Å². The highest BCUT2D eigenvalue weighted by Crippen LogP contribution is 2.35. The molecule has 228 valence electrons. The van der Waals surface area contributed by atoms with Crippen molar-refractivity contribution < 1.29 is 4.42 Å². The number of nitrogens with one attached hydrogen (secondary N) is 5. The standard InChI is InChI=1S/C33H34N10O2/c1-18-34-27(16-29(35-18)38-30-14-24(40-42-30)19-6-2-3-7-19)28-13-22(17-45-28)21-10-11-23-26(12-21)36-32(33(44)37-23)39-31-15-25(41-43-31)20-8-4-5-9-20/h10-17,19-20H,2-9H2,1H3,(H,37,44)(H2,36,39,41,43)(H2,34,35,38,40,42). The normalized spacial score (nSPS) is 15.8. The van der Waals surface area contributed by atoms with Gasteiger partial charge in [0.05, 0.1) is 17.3 Å². The number of rotatable bonds is 8. The van der Waals surface area contributed by atoms with E-state index in [9.17, 15) is 4.79 Å². The first-order valence-electron chi connectivity index (χ1n) is 15.7. The summed E-state index contributed by atoms with van der Waals surface area (Å²) in [5, 5.41) is 21.5. The summed E-state index contributed by atoms with van der Waals surface area (Å²) in [5.74, 6) is 4.44. The SMILES string of the molecule is Cc1nc(Nc2cc(C3CCCC3)[nH]n2)cc(-c2cc(-c3ccc4[nH]c(=O)c(Nc5cc(C6CCCC6)[nH]n5)nc4c3)co2)n1. The van der Waals surface area contributed by atoms with Crippen LogP contribution >= 0.6 is 0 Å². The van der Waals surface area contributed by atoms with Gasteiger partial charge >= 0.3 is 0 Å². The molecule has 12 heteroatoms. The Morgan fingerprint density at radius 3 is 2.16 bits per heavy atom. The van der Waals surface area contributed by atoms with Crippen LogP contribution in [-0.4, -0.2) is 40.3 Å². The van der Waals surface area contributed by atoms with Crippen molar-refractivity contribution in [2.24, 2.45) is 0 Å². The molecular weight excluding hydrogens is 568 g/mol. The molecule has 5 heterocycles. The third kappa shape index (κ3) is 5.59. The van der Waals surface area contributed by atoms with Gasteiger partial charge < -0.3 is 20.0 Å². The van der Waals surface area contributed by atoms with Crippen molar-refractivity contribution in [1.29, 1.82) is 0 Å². The summed E-state index contributed by atoms with van der Waals surface area (Å²) in [4.78, 5) is 29.5. The van der Waals surface area contributed by atoms with E-state index in [1.165, 1.54) is 44.2 Å². The monoisotopic (exact) mass is 602 g/mol. The fraction of sp³-hybridized carbons (Fsp3) is 0.333. The highest BCUT2D eigenvalue weighted by molar-refractivity contribution is 5.83. The minimum absolute atomic E-state index is 0.195.